The molecule has 1 heterocycles. The second-order valence-corrected chi connectivity index (χ2v) is 4.73. The van der Waals surface area contributed by atoms with Crippen molar-refractivity contribution in [2.75, 3.05) is 0 Å². The molecule has 20 heavy (non-hydrogen) atoms. The zero-order valence-corrected chi connectivity index (χ0v) is 11.4. The zero-order valence-electron chi connectivity index (χ0n) is 10.7. The first-order valence-electron chi connectivity index (χ1n) is 5.85. The highest BCUT2D eigenvalue weighted by Gasteiger charge is 2.15. The summed E-state index contributed by atoms with van der Waals surface area (Å²) in [5.74, 6) is -0.143. The Hall–Kier alpha value is -2.27. The van der Waals surface area contributed by atoms with Gasteiger partial charge in [-0.15, -0.1) is 0 Å². The Kier molecular flexibility index (Phi) is 4.10. The van der Waals surface area contributed by atoms with Crippen molar-refractivity contribution in [2.24, 2.45) is 0 Å². The van der Waals surface area contributed by atoms with Gasteiger partial charge in [0.05, 0.1) is 9.95 Å². The van der Waals surface area contributed by atoms with Crippen LogP contribution in [0.3, 0.4) is 0 Å². The lowest BCUT2D eigenvalue weighted by atomic mass is 10.0. The van der Waals surface area contributed by atoms with E-state index >= 15 is 0 Å². The van der Waals surface area contributed by atoms with E-state index in [0.717, 1.165) is 0 Å². The lowest BCUT2D eigenvalue weighted by Crippen LogP contribution is -2.05. The Labute approximate surface area is 120 Å². The van der Waals surface area contributed by atoms with Gasteiger partial charge in [0.15, 0.2) is 5.78 Å². The molecule has 2 rings (SSSR count). The average molecular weight is 291 g/mol. The second kappa shape index (κ2) is 5.79. The minimum atomic E-state index is -0.469. The molecule has 0 aliphatic heterocycles. The Morgan fingerprint density at radius 3 is 2.75 bits per heavy atom. The second-order valence-electron chi connectivity index (χ2n) is 4.33. The van der Waals surface area contributed by atoms with Crippen molar-refractivity contribution in [3.8, 4) is 0 Å². The first kappa shape index (κ1) is 14.1. The van der Waals surface area contributed by atoms with Crippen LogP contribution in [0.2, 0.25) is 5.02 Å². The zero-order chi connectivity index (χ0) is 14.7. The molecule has 0 N–H and O–H groups in total. The Morgan fingerprint density at radius 2 is 2.15 bits per heavy atom. The normalized spacial score (nSPS) is 10.3. The number of aromatic nitrogens is 1. The summed E-state index contributed by atoms with van der Waals surface area (Å²) in [5.41, 5.74) is 1.58. The van der Waals surface area contributed by atoms with Crippen LogP contribution in [0.4, 0.5) is 5.69 Å². The van der Waals surface area contributed by atoms with Gasteiger partial charge in [-0.3, -0.25) is 19.9 Å². The molecular weight excluding hydrogens is 280 g/mol. The van der Waals surface area contributed by atoms with Crippen molar-refractivity contribution >= 4 is 23.1 Å². The number of rotatable bonds is 4. The maximum atomic E-state index is 12.2. The highest BCUT2D eigenvalue weighted by Crippen LogP contribution is 2.21. The van der Waals surface area contributed by atoms with Gasteiger partial charge in [0.2, 0.25) is 0 Å². The summed E-state index contributed by atoms with van der Waals surface area (Å²) in [4.78, 5) is 26.3. The fourth-order valence-corrected chi connectivity index (χ4v) is 2.04. The summed E-state index contributed by atoms with van der Waals surface area (Å²) < 4.78 is 0. The van der Waals surface area contributed by atoms with Crippen LogP contribution in [0.1, 0.15) is 21.5 Å². The summed E-state index contributed by atoms with van der Waals surface area (Å²) >= 11 is 5.95. The molecule has 0 spiro atoms. The van der Waals surface area contributed by atoms with E-state index in [1.165, 1.54) is 24.4 Å². The highest BCUT2D eigenvalue weighted by molar-refractivity contribution is 6.31. The molecule has 2 aromatic rings. The fourth-order valence-electron chi connectivity index (χ4n) is 1.86. The summed E-state index contributed by atoms with van der Waals surface area (Å²) in [5, 5.41) is 11.2. The number of Topliss-reactive ketones (excluding diaryl/α,β-unsaturated/α-hetero) is 1. The van der Waals surface area contributed by atoms with E-state index in [1.54, 1.807) is 19.2 Å². The van der Waals surface area contributed by atoms with E-state index in [-0.39, 0.29) is 17.9 Å². The molecule has 0 amide bonds. The number of pyridine rings is 1. The van der Waals surface area contributed by atoms with Gasteiger partial charge >= 0.3 is 0 Å². The van der Waals surface area contributed by atoms with E-state index in [1.807, 2.05) is 0 Å². The third kappa shape index (κ3) is 3.00. The largest absolute Gasteiger partial charge is 0.294 e. The standard InChI is InChI=1S/C14H11ClN2O3/c1-9-6-11(2-3-13(9)17(19)20)14(18)7-10-4-5-16-8-12(10)15/h2-6,8H,7H2,1H3. The van der Waals surface area contributed by atoms with Crippen molar-refractivity contribution in [2.45, 2.75) is 13.3 Å². The maximum Gasteiger partial charge on any atom is 0.272 e. The third-order valence-electron chi connectivity index (χ3n) is 2.92. The molecule has 0 fully saturated rings. The van der Waals surface area contributed by atoms with Gasteiger partial charge in [-0.2, -0.15) is 0 Å². The minimum Gasteiger partial charge on any atom is -0.294 e. The van der Waals surface area contributed by atoms with Gasteiger partial charge in [0.25, 0.3) is 5.69 Å². The van der Waals surface area contributed by atoms with Crippen LogP contribution in [0, 0.1) is 17.0 Å². The summed E-state index contributed by atoms with van der Waals surface area (Å²) in [7, 11) is 0. The molecule has 0 bridgehead atoms. The minimum absolute atomic E-state index is 0.00323. The van der Waals surface area contributed by atoms with Crippen LogP contribution in [0.15, 0.2) is 36.7 Å². The Morgan fingerprint density at radius 1 is 1.40 bits per heavy atom. The van der Waals surface area contributed by atoms with Gasteiger partial charge in [0, 0.05) is 36.0 Å². The molecule has 5 nitrogen and oxygen atoms in total. The van der Waals surface area contributed by atoms with Crippen LogP contribution >= 0.6 is 11.6 Å². The molecule has 102 valence electrons. The molecule has 0 atom stereocenters. The number of carbonyl (C=O) groups excluding carboxylic acids is 1. The molecule has 0 saturated heterocycles. The number of hydrogen-bond acceptors (Lipinski definition) is 4. The molecule has 0 aliphatic rings. The Bertz CT molecular complexity index is 686. The first-order chi connectivity index (χ1) is 9.49. The number of nitrogens with zero attached hydrogens (tertiary/aromatic N) is 2. The molecular formula is C14H11ClN2O3. The van der Waals surface area contributed by atoms with Crippen LogP contribution in [-0.4, -0.2) is 15.7 Å². The van der Waals surface area contributed by atoms with Crippen LogP contribution in [0.25, 0.3) is 0 Å². The van der Waals surface area contributed by atoms with E-state index in [0.29, 0.717) is 21.7 Å². The smallest absolute Gasteiger partial charge is 0.272 e. The number of aryl methyl sites for hydroxylation is 1. The fraction of sp³-hybridized carbons (Fsp3) is 0.143. The van der Waals surface area contributed by atoms with Crippen LogP contribution in [0.5, 0.6) is 0 Å². The van der Waals surface area contributed by atoms with Gasteiger partial charge in [-0.25, -0.2) is 0 Å². The summed E-state index contributed by atoms with van der Waals surface area (Å²) in [6.45, 7) is 1.61. The number of ketones is 1. The SMILES string of the molecule is Cc1cc(C(=O)Cc2ccncc2Cl)ccc1[N+](=O)[O-]. The van der Waals surface area contributed by atoms with E-state index < -0.39 is 4.92 Å². The number of carbonyl (C=O) groups is 1. The number of halogens is 1. The molecule has 0 unspecified atom stereocenters. The first-order valence-corrected chi connectivity index (χ1v) is 6.23. The van der Waals surface area contributed by atoms with Gasteiger partial charge in [-0.1, -0.05) is 11.6 Å². The average Bonchev–Trinajstić information content (AvgIpc) is 2.40. The number of hydrogen-bond donors (Lipinski definition) is 0. The predicted octanol–water partition coefficient (Wildman–Crippen LogP) is 3.38. The van der Waals surface area contributed by atoms with Gasteiger partial charge in [0.1, 0.15) is 0 Å². The van der Waals surface area contributed by atoms with E-state index in [9.17, 15) is 14.9 Å². The van der Waals surface area contributed by atoms with Gasteiger partial charge in [-0.05, 0) is 30.7 Å². The van der Waals surface area contributed by atoms with Crippen molar-refractivity contribution in [1.29, 1.82) is 0 Å². The summed E-state index contributed by atoms with van der Waals surface area (Å²) in [6.07, 6.45) is 3.18. The number of benzene rings is 1. The number of nitro benzene ring substituents is 1. The van der Waals surface area contributed by atoms with E-state index in [4.69, 9.17) is 11.6 Å². The Balaban J connectivity index is 2.24. The third-order valence-corrected chi connectivity index (χ3v) is 3.26. The van der Waals surface area contributed by atoms with E-state index in [2.05, 4.69) is 4.98 Å². The number of nitro groups is 1. The molecule has 0 saturated carbocycles. The molecule has 0 aliphatic carbocycles. The van der Waals surface area contributed by atoms with Crippen molar-refractivity contribution in [1.82, 2.24) is 4.98 Å². The molecule has 1 aromatic heterocycles. The van der Waals surface area contributed by atoms with Crippen molar-refractivity contribution in [3.05, 3.63) is 68.5 Å². The lowest BCUT2D eigenvalue weighted by molar-refractivity contribution is -0.385. The quantitative estimate of drug-likeness (QED) is 0.491. The molecule has 1 aromatic carbocycles. The van der Waals surface area contributed by atoms with Crippen LogP contribution in [-0.2, 0) is 6.42 Å². The maximum absolute atomic E-state index is 12.2. The predicted molar refractivity (Wildman–Crippen MR) is 75.1 cm³/mol. The highest BCUT2D eigenvalue weighted by atomic mass is 35.5. The monoisotopic (exact) mass is 290 g/mol. The molecule has 0 radical (unpaired) electrons. The lowest BCUT2D eigenvalue weighted by Gasteiger charge is -2.04. The molecule has 6 heteroatoms. The topological polar surface area (TPSA) is 73.1 Å². The summed E-state index contributed by atoms with van der Waals surface area (Å²) in [6, 6.07) is 6.01. The van der Waals surface area contributed by atoms with Crippen molar-refractivity contribution < 1.29 is 9.72 Å². The van der Waals surface area contributed by atoms with Crippen molar-refractivity contribution in [3.63, 3.8) is 0 Å². The van der Waals surface area contributed by atoms with Gasteiger partial charge < -0.3 is 0 Å². The van der Waals surface area contributed by atoms with Crippen LogP contribution < -0.4 is 0 Å².